The number of allylic oxidation sites excluding steroid dienone is 1. The molecule has 0 spiro atoms. The van der Waals surface area contributed by atoms with Crippen molar-refractivity contribution in [3.8, 4) is 5.75 Å². The third-order valence-corrected chi connectivity index (χ3v) is 6.79. The Bertz CT molecular complexity index is 1330. The molecule has 8 heteroatoms. The van der Waals surface area contributed by atoms with Gasteiger partial charge in [-0.3, -0.25) is 10.1 Å². The van der Waals surface area contributed by atoms with E-state index in [-0.39, 0.29) is 23.1 Å². The van der Waals surface area contributed by atoms with Gasteiger partial charge in [0.1, 0.15) is 28.4 Å². The molecule has 0 aliphatic rings. The molecule has 0 aliphatic carbocycles. The highest BCUT2D eigenvalue weighted by Gasteiger charge is 2.29. The van der Waals surface area contributed by atoms with Crippen LogP contribution in [-0.2, 0) is 17.6 Å². The van der Waals surface area contributed by atoms with E-state index >= 15 is 0 Å². The summed E-state index contributed by atoms with van der Waals surface area (Å²) in [5, 5.41) is 14.0. The first kappa shape index (κ1) is 27.8. The number of amides is 1. The van der Waals surface area contributed by atoms with Crippen LogP contribution in [0.2, 0.25) is 0 Å². The summed E-state index contributed by atoms with van der Waals surface area (Å²) < 4.78 is 15.9. The molecule has 1 aromatic carbocycles. The standard InChI is InChI=1S/C29H35NO7/c1-6-20-10-11-21-15-22(36-25(21)14-20)13-18(3)19(4)27(32)26-23(31)16-24(37-28(26)33)17(2)9-7-8-12-30-29(34)35-5/h8,10-12,14-19,31H,6-7,9,13H2,1-5H3,(H,30,34)/b12-8+. The number of furan rings is 1. The minimum absolute atomic E-state index is 0.138. The number of hydrogen-bond acceptors (Lipinski definition) is 7. The van der Waals surface area contributed by atoms with Crippen molar-refractivity contribution >= 4 is 22.8 Å². The normalized spacial score (nSPS) is 14.0. The third kappa shape index (κ3) is 6.90. The van der Waals surface area contributed by atoms with Crippen LogP contribution in [0.5, 0.6) is 5.75 Å². The van der Waals surface area contributed by atoms with Gasteiger partial charge in [-0.15, -0.1) is 0 Å². The minimum atomic E-state index is -0.843. The van der Waals surface area contributed by atoms with Gasteiger partial charge in [-0.25, -0.2) is 9.59 Å². The Morgan fingerprint density at radius 3 is 2.57 bits per heavy atom. The molecule has 2 N–H and O–H groups in total. The van der Waals surface area contributed by atoms with Crippen LogP contribution in [0.25, 0.3) is 11.0 Å². The zero-order valence-electron chi connectivity index (χ0n) is 22.0. The maximum atomic E-state index is 13.2. The monoisotopic (exact) mass is 509 g/mol. The topological polar surface area (TPSA) is 119 Å². The molecule has 0 radical (unpaired) electrons. The summed E-state index contributed by atoms with van der Waals surface area (Å²) in [7, 11) is 1.28. The van der Waals surface area contributed by atoms with Crippen LogP contribution < -0.4 is 10.9 Å². The Balaban J connectivity index is 1.66. The molecular formula is C29H35NO7. The SMILES string of the molecule is CCc1ccc2cc(CC(C)C(C)C(=O)c3c(O)cc(C(C)CC/C=C/NC(=O)OC)oc3=O)oc2c1. The molecule has 8 nitrogen and oxygen atoms in total. The number of nitrogens with one attached hydrogen (secondary N) is 1. The molecule has 2 heterocycles. The van der Waals surface area contributed by atoms with E-state index < -0.39 is 23.4 Å². The van der Waals surface area contributed by atoms with Gasteiger partial charge in [0.05, 0.1) is 7.11 Å². The number of aryl methyl sites for hydroxylation is 1. The highest BCUT2D eigenvalue weighted by molar-refractivity contribution is 5.99. The first-order valence-electron chi connectivity index (χ1n) is 12.6. The molecule has 3 unspecified atom stereocenters. The maximum Gasteiger partial charge on any atom is 0.410 e. The van der Waals surface area contributed by atoms with Crippen LogP contribution in [0.4, 0.5) is 4.79 Å². The molecular weight excluding hydrogens is 474 g/mol. The number of methoxy groups -OCH3 is 1. The predicted octanol–water partition coefficient (Wildman–Crippen LogP) is 6.11. The lowest BCUT2D eigenvalue weighted by Crippen LogP contribution is -2.26. The first-order valence-corrected chi connectivity index (χ1v) is 12.6. The van der Waals surface area contributed by atoms with Gasteiger partial charge in [0.15, 0.2) is 5.78 Å². The van der Waals surface area contributed by atoms with Gasteiger partial charge in [-0.1, -0.05) is 45.9 Å². The molecule has 3 aromatic rings. The number of benzene rings is 1. The fourth-order valence-electron chi connectivity index (χ4n) is 4.16. The van der Waals surface area contributed by atoms with Crippen molar-refractivity contribution in [3.05, 3.63) is 75.7 Å². The summed E-state index contributed by atoms with van der Waals surface area (Å²) in [5.41, 5.74) is 0.843. The summed E-state index contributed by atoms with van der Waals surface area (Å²) >= 11 is 0. The number of ketones is 1. The number of carbonyl (C=O) groups is 2. The minimum Gasteiger partial charge on any atom is -0.507 e. The second-order valence-corrected chi connectivity index (χ2v) is 9.49. The number of rotatable bonds is 11. The Morgan fingerprint density at radius 1 is 1.14 bits per heavy atom. The second-order valence-electron chi connectivity index (χ2n) is 9.49. The van der Waals surface area contributed by atoms with Crippen molar-refractivity contribution in [2.45, 2.75) is 59.3 Å². The van der Waals surface area contributed by atoms with Crippen molar-refractivity contribution in [3.63, 3.8) is 0 Å². The Hall–Kier alpha value is -3.81. The van der Waals surface area contributed by atoms with Gasteiger partial charge < -0.3 is 18.7 Å². The van der Waals surface area contributed by atoms with Crippen molar-refractivity contribution in [2.75, 3.05) is 7.11 Å². The molecule has 0 aliphatic heterocycles. The molecule has 0 saturated heterocycles. The highest BCUT2D eigenvalue weighted by Crippen LogP contribution is 2.29. The summed E-state index contributed by atoms with van der Waals surface area (Å²) in [4.78, 5) is 36.9. The summed E-state index contributed by atoms with van der Waals surface area (Å²) in [6.45, 7) is 7.60. The number of alkyl carbamates (subject to hydrolysis) is 1. The molecule has 0 bridgehead atoms. The van der Waals surface area contributed by atoms with E-state index in [2.05, 4.69) is 23.0 Å². The van der Waals surface area contributed by atoms with E-state index in [1.165, 1.54) is 24.9 Å². The first-order chi connectivity index (χ1) is 17.6. The number of fused-ring (bicyclic) bond motifs is 1. The van der Waals surface area contributed by atoms with Gasteiger partial charge in [0.2, 0.25) is 0 Å². The van der Waals surface area contributed by atoms with Crippen molar-refractivity contribution in [1.82, 2.24) is 5.32 Å². The molecule has 3 rings (SSSR count). The van der Waals surface area contributed by atoms with Crippen molar-refractivity contribution < 1.29 is 28.3 Å². The van der Waals surface area contributed by atoms with E-state index in [4.69, 9.17) is 8.83 Å². The zero-order chi connectivity index (χ0) is 27.1. The highest BCUT2D eigenvalue weighted by atomic mass is 16.5. The number of hydrogen-bond donors (Lipinski definition) is 2. The second kappa shape index (κ2) is 12.4. The lowest BCUT2D eigenvalue weighted by Gasteiger charge is -2.18. The van der Waals surface area contributed by atoms with Gasteiger partial charge in [0, 0.05) is 35.9 Å². The third-order valence-electron chi connectivity index (χ3n) is 6.79. The van der Waals surface area contributed by atoms with E-state index in [9.17, 15) is 19.5 Å². The average Bonchev–Trinajstić information content (AvgIpc) is 3.28. The number of aromatic hydroxyl groups is 1. The van der Waals surface area contributed by atoms with Crippen LogP contribution in [0.3, 0.4) is 0 Å². The Labute approximate surface area is 216 Å². The Morgan fingerprint density at radius 2 is 1.89 bits per heavy atom. The lowest BCUT2D eigenvalue weighted by molar-refractivity contribution is 0.0883. The van der Waals surface area contributed by atoms with E-state index in [0.717, 1.165) is 23.2 Å². The molecule has 0 fully saturated rings. The maximum absolute atomic E-state index is 13.2. The number of ether oxygens (including phenoxy) is 1. The van der Waals surface area contributed by atoms with E-state index in [1.54, 1.807) is 13.0 Å². The van der Waals surface area contributed by atoms with Crippen LogP contribution >= 0.6 is 0 Å². The molecule has 2 aromatic heterocycles. The molecule has 1 amide bonds. The number of Topliss-reactive ketones (excluding diaryl/α,β-unsaturated/α-hetero) is 1. The summed E-state index contributed by atoms with van der Waals surface area (Å²) in [6, 6.07) is 9.45. The van der Waals surface area contributed by atoms with Gasteiger partial charge in [-0.05, 0) is 42.9 Å². The molecule has 0 saturated carbocycles. The average molecular weight is 510 g/mol. The van der Waals surface area contributed by atoms with Crippen LogP contribution in [0.15, 0.2) is 56.2 Å². The van der Waals surface area contributed by atoms with Crippen LogP contribution in [-0.4, -0.2) is 24.1 Å². The van der Waals surface area contributed by atoms with Crippen molar-refractivity contribution in [2.24, 2.45) is 11.8 Å². The van der Waals surface area contributed by atoms with Gasteiger partial charge in [0.25, 0.3) is 0 Å². The molecule has 37 heavy (non-hydrogen) atoms. The fourth-order valence-corrected chi connectivity index (χ4v) is 4.16. The molecule has 198 valence electrons. The van der Waals surface area contributed by atoms with Crippen molar-refractivity contribution in [1.29, 1.82) is 0 Å². The van der Waals surface area contributed by atoms with Crippen LogP contribution in [0, 0.1) is 11.8 Å². The summed E-state index contributed by atoms with van der Waals surface area (Å²) in [5.74, 6) is -0.636. The number of carbonyl (C=O) groups excluding carboxylic acids is 2. The lowest BCUT2D eigenvalue weighted by atomic mass is 9.86. The van der Waals surface area contributed by atoms with Crippen LogP contribution in [0.1, 0.15) is 73.9 Å². The van der Waals surface area contributed by atoms with E-state index in [0.29, 0.717) is 25.0 Å². The molecule has 3 atom stereocenters. The smallest absolute Gasteiger partial charge is 0.410 e. The summed E-state index contributed by atoms with van der Waals surface area (Å²) in [6.07, 6.45) is 5.28. The largest absolute Gasteiger partial charge is 0.507 e. The Kier molecular flexibility index (Phi) is 9.33. The van der Waals surface area contributed by atoms with Gasteiger partial charge >= 0.3 is 11.7 Å². The fraction of sp³-hybridized carbons (Fsp3) is 0.414. The zero-order valence-corrected chi connectivity index (χ0v) is 22.0. The van der Waals surface area contributed by atoms with E-state index in [1.807, 2.05) is 32.0 Å². The quantitative estimate of drug-likeness (QED) is 0.300. The predicted molar refractivity (Wildman–Crippen MR) is 141 cm³/mol. The van der Waals surface area contributed by atoms with Gasteiger partial charge in [-0.2, -0.15) is 0 Å².